The van der Waals surface area contributed by atoms with Crippen LogP contribution in [0.2, 0.25) is 0 Å². The van der Waals surface area contributed by atoms with E-state index in [2.05, 4.69) is 10.3 Å². The minimum absolute atomic E-state index is 0.0317. The molecule has 1 atom stereocenters. The Balaban J connectivity index is 2.19. The molecule has 1 fully saturated rings. The van der Waals surface area contributed by atoms with Crippen molar-refractivity contribution in [1.82, 2.24) is 9.88 Å². The van der Waals surface area contributed by atoms with Gasteiger partial charge in [-0.1, -0.05) is 0 Å². The van der Waals surface area contributed by atoms with E-state index < -0.39 is 6.10 Å². The Morgan fingerprint density at radius 2 is 2.33 bits per heavy atom. The van der Waals surface area contributed by atoms with Crippen LogP contribution in [0.15, 0.2) is 12.1 Å². The molecule has 2 N–H and O–H groups in total. The molecule has 5 heteroatoms. The molecular weight excluding hydrogens is 230 g/mol. The molecular formula is C13H19N3O2. The van der Waals surface area contributed by atoms with Crippen molar-refractivity contribution in [3.05, 3.63) is 23.4 Å². The number of nitrogens with zero attached hydrogens (tertiary/aromatic N) is 2. The average molecular weight is 249 g/mol. The highest BCUT2D eigenvalue weighted by Crippen LogP contribution is 2.16. The van der Waals surface area contributed by atoms with Gasteiger partial charge in [0.1, 0.15) is 5.82 Å². The van der Waals surface area contributed by atoms with E-state index in [-0.39, 0.29) is 5.91 Å². The highest BCUT2D eigenvalue weighted by Gasteiger charge is 2.23. The number of rotatable bonds is 2. The van der Waals surface area contributed by atoms with Gasteiger partial charge >= 0.3 is 0 Å². The normalized spacial score (nSPS) is 19.7. The van der Waals surface area contributed by atoms with Crippen LogP contribution in [-0.4, -0.2) is 47.1 Å². The number of aromatic nitrogens is 1. The number of carbonyl (C=O) groups is 1. The van der Waals surface area contributed by atoms with Gasteiger partial charge in [-0.05, 0) is 31.9 Å². The van der Waals surface area contributed by atoms with Crippen LogP contribution in [0.25, 0.3) is 0 Å². The maximum atomic E-state index is 12.3. The zero-order valence-corrected chi connectivity index (χ0v) is 10.8. The number of carbonyl (C=O) groups excluding carboxylic acids is 1. The number of aliphatic hydroxyl groups is 1. The fourth-order valence-electron chi connectivity index (χ4n) is 2.24. The first-order chi connectivity index (χ1) is 8.60. The summed E-state index contributed by atoms with van der Waals surface area (Å²) in [7, 11) is 1.78. The number of amides is 1. The molecule has 18 heavy (non-hydrogen) atoms. The van der Waals surface area contributed by atoms with E-state index in [1.807, 2.05) is 6.92 Å². The van der Waals surface area contributed by atoms with Crippen molar-refractivity contribution in [2.45, 2.75) is 25.9 Å². The molecule has 0 aromatic carbocycles. The van der Waals surface area contributed by atoms with Crippen molar-refractivity contribution in [2.75, 3.05) is 25.5 Å². The predicted octanol–water partition coefficient (Wildman–Crippen LogP) is 1.03. The molecule has 2 rings (SSSR count). The second-order valence-electron chi connectivity index (χ2n) is 4.68. The molecule has 5 nitrogen and oxygen atoms in total. The Kier molecular flexibility index (Phi) is 3.81. The van der Waals surface area contributed by atoms with E-state index in [0.29, 0.717) is 24.5 Å². The highest BCUT2D eigenvalue weighted by atomic mass is 16.3. The zero-order chi connectivity index (χ0) is 13.1. The van der Waals surface area contributed by atoms with Gasteiger partial charge in [-0.25, -0.2) is 4.98 Å². The Labute approximate surface area is 107 Å². The molecule has 0 radical (unpaired) electrons. The van der Waals surface area contributed by atoms with E-state index in [1.54, 1.807) is 24.1 Å². The topological polar surface area (TPSA) is 65.5 Å². The van der Waals surface area contributed by atoms with Gasteiger partial charge in [-0.15, -0.1) is 0 Å². The van der Waals surface area contributed by atoms with Gasteiger partial charge in [-0.3, -0.25) is 4.79 Å². The van der Waals surface area contributed by atoms with Crippen molar-refractivity contribution in [3.63, 3.8) is 0 Å². The third kappa shape index (κ3) is 2.79. The van der Waals surface area contributed by atoms with Gasteiger partial charge in [0.05, 0.1) is 6.10 Å². The molecule has 98 valence electrons. The Morgan fingerprint density at radius 3 is 3.00 bits per heavy atom. The van der Waals surface area contributed by atoms with Crippen LogP contribution in [-0.2, 0) is 0 Å². The average Bonchev–Trinajstić information content (AvgIpc) is 2.37. The van der Waals surface area contributed by atoms with Gasteiger partial charge in [0, 0.05) is 31.4 Å². The van der Waals surface area contributed by atoms with Crippen LogP contribution < -0.4 is 5.32 Å². The first-order valence-corrected chi connectivity index (χ1v) is 6.24. The SMILES string of the molecule is CNc1cc(C(=O)N2CCCC(O)C2)cc(C)n1. The Bertz CT molecular complexity index is 448. The highest BCUT2D eigenvalue weighted by molar-refractivity contribution is 5.95. The van der Waals surface area contributed by atoms with Crippen LogP contribution in [0.4, 0.5) is 5.82 Å². The second kappa shape index (κ2) is 5.35. The van der Waals surface area contributed by atoms with Crippen LogP contribution in [0.3, 0.4) is 0 Å². The fraction of sp³-hybridized carbons (Fsp3) is 0.538. The van der Waals surface area contributed by atoms with Crippen molar-refractivity contribution in [2.24, 2.45) is 0 Å². The molecule has 0 bridgehead atoms. The van der Waals surface area contributed by atoms with E-state index >= 15 is 0 Å². The summed E-state index contributed by atoms with van der Waals surface area (Å²) < 4.78 is 0. The molecule has 1 aliphatic rings. The smallest absolute Gasteiger partial charge is 0.254 e. The summed E-state index contributed by atoms with van der Waals surface area (Å²) in [6, 6.07) is 3.53. The third-order valence-electron chi connectivity index (χ3n) is 3.14. The first-order valence-electron chi connectivity index (χ1n) is 6.24. The molecule has 1 amide bonds. The quantitative estimate of drug-likeness (QED) is 0.821. The monoisotopic (exact) mass is 249 g/mol. The van der Waals surface area contributed by atoms with Crippen LogP contribution in [0.5, 0.6) is 0 Å². The van der Waals surface area contributed by atoms with Gasteiger partial charge in [-0.2, -0.15) is 0 Å². The minimum atomic E-state index is -0.394. The number of β-amino-alcohol motifs (C(OH)–C–C–N with tert-alkyl or cyclic N) is 1. The number of aryl methyl sites for hydroxylation is 1. The third-order valence-corrected chi connectivity index (χ3v) is 3.14. The van der Waals surface area contributed by atoms with Crippen LogP contribution >= 0.6 is 0 Å². The summed E-state index contributed by atoms with van der Waals surface area (Å²) in [5.74, 6) is 0.659. The van der Waals surface area contributed by atoms with E-state index in [1.165, 1.54) is 0 Å². The van der Waals surface area contributed by atoms with E-state index in [4.69, 9.17) is 0 Å². The van der Waals surface area contributed by atoms with E-state index in [0.717, 1.165) is 18.5 Å². The zero-order valence-electron chi connectivity index (χ0n) is 10.8. The maximum absolute atomic E-state index is 12.3. The molecule has 1 saturated heterocycles. The van der Waals surface area contributed by atoms with Crippen LogP contribution in [0.1, 0.15) is 28.9 Å². The van der Waals surface area contributed by atoms with Crippen molar-refractivity contribution in [3.8, 4) is 0 Å². The molecule has 0 saturated carbocycles. The molecule has 1 aromatic rings. The number of nitrogens with one attached hydrogen (secondary N) is 1. The lowest BCUT2D eigenvalue weighted by atomic mass is 10.1. The number of piperidine rings is 1. The lowest BCUT2D eigenvalue weighted by Crippen LogP contribution is -2.42. The first kappa shape index (κ1) is 12.8. The second-order valence-corrected chi connectivity index (χ2v) is 4.68. The number of pyridine rings is 1. The summed E-state index contributed by atoms with van der Waals surface area (Å²) in [6.45, 7) is 3.00. The maximum Gasteiger partial charge on any atom is 0.254 e. The summed E-state index contributed by atoms with van der Waals surface area (Å²) in [4.78, 5) is 18.3. The lowest BCUT2D eigenvalue weighted by Gasteiger charge is -2.30. The fourth-order valence-corrected chi connectivity index (χ4v) is 2.24. The molecule has 2 heterocycles. The van der Waals surface area contributed by atoms with Gasteiger partial charge in [0.2, 0.25) is 0 Å². The standard InChI is InChI=1S/C13H19N3O2/c1-9-6-10(7-12(14-2)15-9)13(18)16-5-3-4-11(17)8-16/h6-7,11,17H,3-5,8H2,1-2H3,(H,14,15). The summed E-state index contributed by atoms with van der Waals surface area (Å²) in [5, 5.41) is 12.6. The van der Waals surface area contributed by atoms with Crippen molar-refractivity contribution < 1.29 is 9.90 Å². The van der Waals surface area contributed by atoms with Gasteiger partial charge in [0.25, 0.3) is 5.91 Å². The number of aliphatic hydroxyl groups excluding tert-OH is 1. The minimum Gasteiger partial charge on any atom is -0.391 e. The number of anilines is 1. The predicted molar refractivity (Wildman–Crippen MR) is 69.7 cm³/mol. The van der Waals surface area contributed by atoms with Crippen molar-refractivity contribution >= 4 is 11.7 Å². The number of hydrogen-bond donors (Lipinski definition) is 2. The Hall–Kier alpha value is -1.62. The molecule has 1 aromatic heterocycles. The lowest BCUT2D eigenvalue weighted by molar-refractivity contribution is 0.0473. The number of hydrogen-bond acceptors (Lipinski definition) is 4. The number of likely N-dealkylation sites (tertiary alicyclic amines) is 1. The Morgan fingerprint density at radius 1 is 1.56 bits per heavy atom. The molecule has 0 aliphatic carbocycles. The summed E-state index contributed by atoms with van der Waals surface area (Å²) in [6.07, 6.45) is 1.24. The largest absolute Gasteiger partial charge is 0.391 e. The van der Waals surface area contributed by atoms with Gasteiger partial charge < -0.3 is 15.3 Å². The molecule has 1 aliphatic heterocycles. The molecule has 1 unspecified atom stereocenters. The molecule has 0 spiro atoms. The van der Waals surface area contributed by atoms with Crippen molar-refractivity contribution in [1.29, 1.82) is 0 Å². The van der Waals surface area contributed by atoms with Crippen LogP contribution in [0, 0.1) is 6.92 Å². The summed E-state index contributed by atoms with van der Waals surface area (Å²) in [5.41, 5.74) is 1.43. The van der Waals surface area contributed by atoms with Gasteiger partial charge in [0.15, 0.2) is 0 Å². The summed E-state index contributed by atoms with van der Waals surface area (Å²) >= 11 is 0. The van der Waals surface area contributed by atoms with E-state index in [9.17, 15) is 9.90 Å².